The van der Waals surface area contributed by atoms with E-state index in [0.29, 0.717) is 30.1 Å². The van der Waals surface area contributed by atoms with Crippen LogP contribution in [0.25, 0.3) is 11.2 Å². The summed E-state index contributed by atoms with van der Waals surface area (Å²) in [7, 11) is 0. The summed E-state index contributed by atoms with van der Waals surface area (Å²) in [4.78, 5) is 30.0. The molecule has 0 unspecified atom stereocenters. The van der Waals surface area contributed by atoms with Crippen molar-refractivity contribution < 1.29 is 0 Å². The molecular formula is C21H20N4O2. The molecule has 0 spiro atoms. The first-order valence-electron chi connectivity index (χ1n) is 8.77. The molecule has 27 heavy (non-hydrogen) atoms. The van der Waals surface area contributed by atoms with Crippen molar-refractivity contribution in [3.63, 3.8) is 0 Å². The first-order chi connectivity index (χ1) is 13.0. The molecule has 0 aliphatic rings. The van der Waals surface area contributed by atoms with Gasteiger partial charge in [-0.1, -0.05) is 24.0 Å². The van der Waals surface area contributed by atoms with Crippen molar-refractivity contribution in [1.82, 2.24) is 18.7 Å². The normalized spacial score (nSPS) is 10.4. The molecule has 2 aromatic heterocycles. The smallest absolute Gasteiger partial charge is 0.312 e. The van der Waals surface area contributed by atoms with Gasteiger partial charge in [0.05, 0.1) is 6.54 Å². The second-order valence-electron chi connectivity index (χ2n) is 6.09. The zero-order valence-corrected chi connectivity index (χ0v) is 15.6. The van der Waals surface area contributed by atoms with Gasteiger partial charge in [0, 0.05) is 18.7 Å². The molecule has 0 bridgehead atoms. The molecule has 0 aliphatic heterocycles. The third-order valence-electron chi connectivity index (χ3n) is 4.33. The predicted octanol–water partition coefficient (Wildman–Crippen LogP) is 1.74. The van der Waals surface area contributed by atoms with Gasteiger partial charge in [-0.3, -0.25) is 9.36 Å². The minimum absolute atomic E-state index is 0.0766. The Kier molecular flexibility index (Phi) is 5.00. The summed E-state index contributed by atoms with van der Waals surface area (Å²) in [5, 5.41) is 0. The second kappa shape index (κ2) is 7.39. The first kappa shape index (κ1) is 18.3. The molecule has 136 valence electrons. The van der Waals surface area contributed by atoms with E-state index in [1.165, 1.54) is 4.57 Å². The number of imidazole rings is 1. The summed E-state index contributed by atoms with van der Waals surface area (Å²) in [5.41, 5.74) is 1.78. The molecule has 0 atom stereocenters. The Morgan fingerprint density at radius 2 is 1.81 bits per heavy atom. The van der Waals surface area contributed by atoms with Crippen molar-refractivity contribution in [2.45, 2.75) is 40.4 Å². The van der Waals surface area contributed by atoms with Crippen LogP contribution in [0.4, 0.5) is 0 Å². The fraction of sp³-hybridized carbons (Fsp3) is 0.286. The number of terminal acetylenes is 1. The second-order valence-corrected chi connectivity index (χ2v) is 6.09. The average molecular weight is 360 g/mol. The van der Waals surface area contributed by atoms with Crippen molar-refractivity contribution in [1.29, 1.82) is 0 Å². The van der Waals surface area contributed by atoms with Crippen molar-refractivity contribution in [2.75, 3.05) is 0 Å². The van der Waals surface area contributed by atoms with Crippen molar-refractivity contribution >= 4 is 11.2 Å². The Hall–Kier alpha value is -3.51. The van der Waals surface area contributed by atoms with Crippen LogP contribution in [0.5, 0.6) is 0 Å². The highest BCUT2D eigenvalue weighted by Gasteiger charge is 2.19. The Bertz CT molecular complexity index is 1240. The first-order valence-corrected chi connectivity index (χ1v) is 8.77. The van der Waals surface area contributed by atoms with Gasteiger partial charge in [0.1, 0.15) is 0 Å². The maximum atomic E-state index is 12.9. The lowest BCUT2D eigenvalue weighted by atomic mass is 10.1. The number of fused-ring (bicyclic) bond motifs is 1. The van der Waals surface area contributed by atoms with Crippen LogP contribution in [0.1, 0.15) is 30.8 Å². The monoisotopic (exact) mass is 360 g/mol. The van der Waals surface area contributed by atoms with Gasteiger partial charge in [-0.05, 0) is 44.4 Å². The van der Waals surface area contributed by atoms with Crippen LogP contribution in [0.3, 0.4) is 0 Å². The lowest BCUT2D eigenvalue weighted by Crippen LogP contribution is -2.40. The van der Waals surface area contributed by atoms with Gasteiger partial charge in [-0.25, -0.2) is 14.3 Å². The average Bonchev–Trinajstić information content (AvgIpc) is 3.02. The third-order valence-corrected chi connectivity index (χ3v) is 4.33. The molecule has 2 heterocycles. The molecule has 0 fully saturated rings. The number of hydrogen-bond acceptors (Lipinski definition) is 3. The van der Waals surface area contributed by atoms with E-state index in [-0.39, 0.29) is 6.54 Å². The Balaban J connectivity index is 2.31. The molecule has 6 heteroatoms. The summed E-state index contributed by atoms with van der Waals surface area (Å²) >= 11 is 0. The largest absolute Gasteiger partial charge is 0.333 e. The summed E-state index contributed by atoms with van der Waals surface area (Å²) < 4.78 is 4.26. The lowest BCUT2D eigenvalue weighted by molar-refractivity contribution is 0.629. The zero-order chi connectivity index (χ0) is 19.6. The fourth-order valence-electron chi connectivity index (χ4n) is 3.06. The number of hydrogen-bond donors (Lipinski definition) is 0. The quantitative estimate of drug-likeness (QED) is 0.669. The fourth-order valence-corrected chi connectivity index (χ4v) is 3.06. The minimum atomic E-state index is -0.452. The number of nitrogens with zero attached hydrogens (tertiary/aromatic N) is 4. The zero-order valence-electron chi connectivity index (χ0n) is 15.6. The number of aromatic nitrogens is 4. The van der Waals surface area contributed by atoms with E-state index in [9.17, 15) is 9.59 Å². The van der Waals surface area contributed by atoms with Crippen molar-refractivity contribution in [2.24, 2.45) is 0 Å². The van der Waals surface area contributed by atoms with Crippen molar-refractivity contribution in [3.05, 3.63) is 62.1 Å². The third kappa shape index (κ3) is 3.18. The van der Waals surface area contributed by atoms with E-state index >= 15 is 0 Å². The molecule has 0 N–H and O–H groups in total. The van der Waals surface area contributed by atoms with E-state index in [2.05, 4.69) is 22.7 Å². The summed E-state index contributed by atoms with van der Waals surface area (Å²) in [6.07, 6.45) is 5.33. The maximum Gasteiger partial charge on any atom is 0.333 e. The molecule has 3 aromatic rings. The Morgan fingerprint density at radius 3 is 2.44 bits per heavy atom. The van der Waals surface area contributed by atoms with Gasteiger partial charge in [0.25, 0.3) is 5.56 Å². The minimum Gasteiger partial charge on any atom is -0.312 e. The topological polar surface area (TPSA) is 61.8 Å². The van der Waals surface area contributed by atoms with Crippen LogP contribution >= 0.6 is 0 Å². The summed E-state index contributed by atoms with van der Waals surface area (Å²) in [6.45, 7) is 6.54. The van der Waals surface area contributed by atoms with Gasteiger partial charge < -0.3 is 4.57 Å². The molecule has 0 aliphatic carbocycles. The molecule has 1 aromatic carbocycles. The van der Waals surface area contributed by atoms with Crippen LogP contribution in [0.15, 0.2) is 33.9 Å². The molecule has 0 radical (unpaired) electrons. The molecule has 0 amide bonds. The highest BCUT2D eigenvalue weighted by molar-refractivity contribution is 5.72. The van der Waals surface area contributed by atoms with Crippen LogP contribution in [-0.2, 0) is 19.6 Å². The highest BCUT2D eigenvalue weighted by atomic mass is 16.2. The molecule has 6 nitrogen and oxygen atoms in total. The molecule has 0 saturated heterocycles. The van der Waals surface area contributed by atoms with Crippen LogP contribution in [-0.4, -0.2) is 18.7 Å². The standard InChI is InChI=1S/C21H20N4O2/c1-5-13-25-20(26)18-19(24(7-3)21(25)27)22-17(23(18)6-2)12-11-16-10-8-9-15(4)14-16/h1,8-10,14H,6-7,13H2,2-4H3. The van der Waals surface area contributed by atoms with E-state index in [1.54, 1.807) is 4.57 Å². The van der Waals surface area contributed by atoms with Gasteiger partial charge in [0.2, 0.25) is 0 Å². The van der Waals surface area contributed by atoms with E-state index in [4.69, 9.17) is 6.42 Å². The van der Waals surface area contributed by atoms with Gasteiger partial charge in [-0.2, -0.15) is 0 Å². The molecule has 3 rings (SSSR count). The SMILES string of the molecule is C#CCn1c(=O)c2c(nc(C#Cc3cccc(C)c3)n2CC)n(CC)c1=O. The predicted molar refractivity (Wildman–Crippen MR) is 106 cm³/mol. The Morgan fingerprint density at radius 1 is 1.07 bits per heavy atom. The summed E-state index contributed by atoms with van der Waals surface area (Å²) in [5.74, 6) is 8.95. The van der Waals surface area contributed by atoms with Crippen molar-refractivity contribution in [3.8, 4) is 24.2 Å². The number of benzene rings is 1. The lowest BCUT2D eigenvalue weighted by Gasteiger charge is -2.08. The van der Waals surface area contributed by atoms with Gasteiger partial charge in [-0.15, -0.1) is 6.42 Å². The van der Waals surface area contributed by atoms with E-state index in [1.807, 2.05) is 45.0 Å². The number of aryl methyl sites for hydroxylation is 3. The molecule has 0 saturated carbocycles. The van der Waals surface area contributed by atoms with E-state index < -0.39 is 11.2 Å². The van der Waals surface area contributed by atoms with E-state index in [0.717, 1.165) is 15.7 Å². The van der Waals surface area contributed by atoms with Crippen LogP contribution < -0.4 is 11.2 Å². The van der Waals surface area contributed by atoms with Gasteiger partial charge >= 0.3 is 5.69 Å². The Labute approximate surface area is 157 Å². The number of rotatable bonds is 3. The van der Waals surface area contributed by atoms with Crippen LogP contribution in [0.2, 0.25) is 0 Å². The van der Waals surface area contributed by atoms with Gasteiger partial charge in [0.15, 0.2) is 17.0 Å². The summed E-state index contributed by atoms with van der Waals surface area (Å²) in [6, 6.07) is 7.84. The maximum absolute atomic E-state index is 12.9. The highest BCUT2D eigenvalue weighted by Crippen LogP contribution is 2.12. The molecular weight excluding hydrogens is 340 g/mol. The van der Waals surface area contributed by atoms with Crippen LogP contribution in [0, 0.1) is 31.1 Å².